The van der Waals surface area contributed by atoms with Crippen molar-refractivity contribution in [3.05, 3.63) is 123 Å². The number of hydrogen-bond acceptors (Lipinski definition) is 5. The molecule has 1 aliphatic carbocycles. The molecule has 0 radical (unpaired) electrons. The lowest BCUT2D eigenvalue weighted by Crippen LogP contribution is -2.48. The number of rotatable bonds is 5. The summed E-state index contributed by atoms with van der Waals surface area (Å²) in [6.07, 6.45) is 3.29. The number of aryl methyl sites for hydroxylation is 2. The van der Waals surface area contributed by atoms with Gasteiger partial charge in [0.2, 0.25) is 0 Å². The normalized spacial score (nSPS) is 14.8. The maximum absolute atomic E-state index is 13.2. The van der Waals surface area contributed by atoms with Crippen molar-refractivity contribution in [3.63, 3.8) is 0 Å². The van der Waals surface area contributed by atoms with Crippen molar-refractivity contribution >= 4 is 46.6 Å². The number of nitrogens with zero attached hydrogens (tertiary/aromatic N) is 3. The van der Waals surface area contributed by atoms with E-state index in [1.54, 1.807) is 11.0 Å². The van der Waals surface area contributed by atoms with Gasteiger partial charge in [-0.05, 0) is 59.4 Å². The number of anilines is 2. The molecule has 0 unspecified atom stereocenters. The monoisotopic (exact) mass is 600 g/mol. The van der Waals surface area contributed by atoms with Crippen LogP contribution in [0.5, 0.6) is 0 Å². The summed E-state index contributed by atoms with van der Waals surface area (Å²) in [6, 6.07) is 24.9. The number of hydrogen-bond donors (Lipinski definition) is 3. The fourth-order valence-electron chi connectivity index (χ4n) is 5.63. The van der Waals surface area contributed by atoms with Gasteiger partial charge in [-0.25, -0.2) is 9.78 Å². The third-order valence-corrected chi connectivity index (χ3v) is 8.32. The Labute approximate surface area is 254 Å². The number of amides is 3. The summed E-state index contributed by atoms with van der Waals surface area (Å²) < 4.78 is 0. The van der Waals surface area contributed by atoms with Crippen LogP contribution in [0.3, 0.4) is 0 Å². The highest BCUT2D eigenvalue weighted by atomic mass is 35.5. The molecule has 3 N–H and O–H groups in total. The van der Waals surface area contributed by atoms with Crippen LogP contribution in [0.25, 0.3) is 0 Å². The Hall–Kier alpha value is -4.27. The summed E-state index contributed by atoms with van der Waals surface area (Å²) in [7, 11) is 0. The maximum Gasteiger partial charge on any atom is 0.334 e. The predicted molar refractivity (Wildman–Crippen MR) is 166 cm³/mol. The quantitative estimate of drug-likeness (QED) is 0.249. The third-order valence-electron chi connectivity index (χ3n) is 7.79. The van der Waals surface area contributed by atoms with Crippen molar-refractivity contribution in [2.24, 2.45) is 0 Å². The zero-order chi connectivity index (χ0) is 29.1. The summed E-state index contributed by atoms with van der Waals surface area (Å²) in [4.78, 5) is 34.5. The van der Waals surface area contributed by atoms with E-state index in [0.29, 0.717) is 36.8 Å². The highest BCUT2D eigenvalue weighted by molar-refractivity contribution is 6.33. The molecule has 1 fully saturated rings. The summed E-state index contributed by atoms with van der Waals surface area (Å²) in [5, 5.41) is 4.01. The Morgan fingerprint density at radius 2 is 1.48 bits per heavy atom. The van der Waals surface area contributed by atoms with Crippen LogP contribution in [0, 0.1) is 0 Å². The minimum absolute atomic E-state index is 0.141. The second kappa shape index (κ2) is 12.3. The molecule has 10 heteroatoms. The predicted octanol–water partition coefficient (Wildman–Crippen LogP) is 5.87. The smallest absolute Gasteiger partial charge is 0.334 e. The molecule has 3 amide bonds. The Morgan fingerprint density at radius 1 is 0.810 bits per heavy atom. The summed E-state index contributed by atoms with van der Waals surface area (Å²) in [6.45, 7) is 2.53. The molecule has 2 heterocycles. The number of fused-ring (bicyclic) bond motifs is 2. The highest BCUT2D eigenvalue weighted by Crippen LogP contribution is 2.32. The molecule has 0 spiro atoms. The SMILES string of the molecule is O=C(NNc1ncc(C(=O)N2CCN(c3cccc(Cl)c3)CC2)cc1Cl)NC1c2ccccc2CCc2ccccc21. The summed E-state index contributed by atoms with van der Waals surface area (Å²) in [5.41, 5.74) is 11.4. The first-order valence-corrected chi connectivity index (χ1v) is 14.7. The third kappa shape index (κ3) is 6.00. The van der Waals surface area contributed by atoms with Crippen molar-refractivity contribution < 1.29 is 9.59 Å². The number of pyridine rings is 1. The number of halogens is 2. The molecule has 0 saturated carbocycles. The van der Waals surface area contributed by atoms with E-state index in [4.69, 9.17) is 23.2 Å². The van der Waals surface area contributed by atoms with E-state index in [1.807, 2.05) is 48.5 Å². The van der Waals surface area contributed by atoms with Crippen LogP contribution in [0.15, 0.2) is 85.1 Å². The summed E-state index contributed by atoms with van der Waals surface area (Å²) in [5.74, 6) is 0.105. The van der Waals surface area contributed by atoms with Gasteiger partial charge in [0.25, 0.3) is 5.91 Å². The van der Waals surface area contributed by atoms with E-state index >= 15 is 0 Å². The minimum atomic E-state index is -0.429. The van der Waals surface area contributed by atoms with Gasteiger partial charge in [0, 0.05) is 43.1 Å². The van der Waals surface area contributed by atoms with Crippen LogP contribution in [-0.2, 0) is 12.8 Å². The van der Waals surface area contributed by atoms with Gasteiger partial charge < -0.3 is 15.1 Å². The van der Waals surface area contributed by atoms with Crippen LogP contribution < -0.4 is 21.1 Å². The van der Waals surface area contributed by atoms with Crippen molar-refractivity contribution in [2.75, 3.05) is 36.5 Å². The fraction of sp³-hybridized carbons (Fsp3) is 0.219. The lowest BCUT2D eigenvalue weighted by atomic mass is 9.95. The van der Waals surface area contributed by atoms with Crippen molar-refractivity contribution in [3.8, 4) is 0 Å². The van der Waals surface area contributed by atoms with Crippen LogP contribution in [0.1, 0.15) is 38.7 Å². The first-order valence-electron chi connectivity index (χ1n) is 13.9. The van der Waals surface area contributed by atoms with E-state index in [-0.39, 0.29) is 22.8 Å². The average molecular weight is 602 g/mol. The van der Waals surface area contributed by atoms with Crippen LogP contribution in [0.2, 0.25) is 10.0 Å². The van der Waals surface area contributed by atoms with E-state index in [1.165, 1.54) is 17.3 Å². The maximum atomic E-state index is 13.2. The number of hydrazine groups is 1. The molecule has 0 bridgehead atoms. The van der Waals surface area contributed by atoms with Gasteiger partial charge >= 0.3 is 6.03 Å². The first kappa shape index (κ1) is 27.9. The van der Waals surface area contributed by atoms with Crippen LogP contribution in [0.4, 0.5) is 16.3 Å². The molecule has 1 saturated heterocycles. The molecule has 3 aromatic carbocycles. The van der Waals surface area contributed by atoms with E-state index < -0.39 is 6.03 Å². The second-order valence-electron chi connectivity index (χ2n) is 10.4. The van der Waals surface area contributed by atoms with E-state index in [9.17, 15) is 9.59 Å². The Bertz CT molecular complexity index is 1570. The van der Waals surface area contributed by atoms with Gasteiger partial charge in [-0.1, -0.05) is 77.8 Å². The fourth-order valence-corrected chi connectivity index (χ4v) is 6.03. The standard InChI is InChI=1S/C32H30Cl2N6O2/c33-24-8-5-9-25(19-24)39-14-16-40(17-15-39)31(41)23-18-28(34)30(35-20-23)37-38-32(42)36-29-26-10-3-1-6-21(26)12-13-22-7-2-4-11-27(22)29/h1-11,18-20,29H,12-17H2,(H,35,37)(H2,36,38,42). The van der Waals surface area contributed by atoms with Gasteiger partial charge in [0.1, 0.15) is 0 Å². The number of urea groups is 1. The zero-order valence-corrected chi connectivity index (χ0v) is 24.3. The average Bonchev–Trinajstić information content (AvgIpc) is 3.17. The molecule has 2 aliphatic rings. The van der Waals surface area contributed by atoms with Crippen molar-refractivity contribution in [2.45, 2.75) is 18.9 Å². The highest BCUT2D eigenvalue weighted by Gasteiger charge is 2.26. The second-order valence-corrected chi connectivity index (χ2v) is 11.2. The first-order chi connectivity index (χ1) is 20.5. The Kier molecular flexibility index (Phi) is 8.17. The number of carbonyl (C=O) groups excluding carboxylic acids is 2. The molecule has 1 aliphatic heterocycles. The molecule has 6 rings (SSSR count). The molecule has 214 valence electrons. The van der Waals surface area contributed by atoms with Gasteiger partial charge in [-0.3, -0.25) is 15.6 Å². The molecular weight excluding hydrogens is 571 g/mol. The number of carbonyl (C=O) groups is 2. The number of nitrogens with one attached hydrogen (secondary N) is 3. The Balaban J connectivity index is 1.07. The largest absolute Gasteiger partial charge is 0.368 e. The lowest BCUT2D eigenvalue weighted by Gasteiger charge is -2.36. The van der Waals surface area contributed by atoms with Crippen LogP contribution in [-0.4, -0.2) is 48.0 Å². The van der Waals surface area contributed by atoms with Crippen molar-refractivity contribution in [1.29, 1.82) is 0 Å². The summed E-state index contributed by atoms with van der Waals surface area (Å²) >= 11 is 12.6. The Morgan fingerprint density at radius 3 is 2.12 bits per heavy atom. The lowest BCUT2D eigenvalue weighted by molar-refractivity contribution is 0.0746. The van der Waals surface area contributed by atoms with Gasteiger partial charge in [-0.2, -0.15) is 0 Å². The van der Waals surface area contributed by atoms with Gasteiger partial charge in [0.05, 0.1) is 16.6 Å². The molecule has 42 heavy (non-hydrogen) atoms. The van der Waals surface area contributed by atoms with Crippen LogP contribution >= 0.6 is 23.2 Å². The molecule has 0 atom stereocenters. The zero-order valence-electron chi connectivity index (χ0n) is 22.8. The topological polar surface area (TPSA) is 89.6 Å². The van der Waals surface area contributed by atoms with Crippen molar-refractivity contribution in [1.82, 2.24) is 20.6 Å². The molecule has 1 aromatic heterocycles. The molecule has 4 aromatic rings. The number of aromatic nitrogens is 1. The number of piperazine rings is 1. The molecular formula is C32H30Cl2N6O2. The van der Waals surface area contributed by atoms with Gasteiger partial charge in [0.15, 0.2) is 5.82 Å². The number of benzene rings is 3. The van der Waals surface area contributed by atoms with Gasteiger partial charge in [-0.15, -0.1) is 0 Å². The minimum Gasteiger partial charge on any atom is -0.368 e. The van der Waals surface area contributed by atoms with E-state index in [2.05, 4.69) is 50.3 Å². The van der Waals surface area contributed by atoms with E-state index in [0.717, 1.165) is 29.7 Å². The molecule has 8 nitrogen and oxygen atoms in total.